The van der Waals surface area contributed by atoms with Gasteiger partial charge in [-0.3, -0.25) is 9.69 Å². The largest absolute Gasteiger partial charge is 0.486 e. The number of fused-ring (bicyclic) bond motifs is 1. The van der Waals surface area contributed by atoms with Crippen molar-refractivity contribution in [3.63, 3.8) is 0 Å². The lowest BCUT2D eigenvalue weighted by atomic mass is 10.1. The van der Waals surface area contributed by atoms with Crippen LogP contribution in [0.2, 0.25) is 0 Å². The van der Waals surface area contributed by atoms with E-state index in [9.17, 15) is 4.79 Å². The third kappa shape index (κ3) is 4.58. The highest BCUT2D eigenvalue weighted by atomic mass is 16.6. The molecule has 27 heavy (non-hydrogen) atoms. The van der Waals surface area contributed by atoms with E-state index in [0.717, 1.165) is 44.2 Å². The van der Waals surface area contributed by atoms with Gasteiger partial charge in [0.1, 0.15) is 13.2 Å². The number of ether oxygens (including phenoxy) is 3. The van der Waals surface area contributed by atoms with Crippen molar-refractivity contribution in [3.05, 3.63) is 30.0 Å². The second-order valence-corrected chi connectivity index (χ2v) is 6.52. The van der Waals surface area contributed by atoms with Crippen molar-refractivity contribution in [2.45, 2.75) is 6.42 Å². The van der Waals surface area contributed by atoms with Crippen LogP contribution in [0.4, 0.5) is 0 Å². The lowest BCUT2D eigenvalue weighted by Gasteiger charge is -2.26. The van der Waals surface area contributed by atoms with Crippen LogP contribution in [-0.2, 0) is 16.0 Å². The van der Waals surface area contributed by atoms with E-state index in [1.807, 2.05) is 18.2 Å². The molecule has 144 valence electrons. The number of hydrogen-bond acceptors (Lipinski definition) is 7. The van der Waals surface area contributed by atoms with Crippen LogP contribution >= 0.6 is 0 Å². The van der Waals surface area contributed by atoms with Crippen molar-refractivity contribution in [3.8, 4) is 22.8 Å². The molecule has 0 saturated carbocycles. The maximum atomic E-state index is 12.1. The highest BCUT2D eigenvalue weighted by Crippen LogP contribution is 2.34. The fourth-order valence-electron chi connectivity index (χ4n) is 3.13. The molecule has 4 rings (SSSR count). The third-order valence-corrected chi connectivity index (χ3v) is 4.58. The molecule has 2 aromatic rings. The topological polar surface area (TPSA) is 86.1 Å². The molecule has 1 fully saturated rings. The minimum Gasteiger partial charge on any atom is -0.486 e. The third-order valence-electron chi connectivity index (χ3n) is 4.58. The summed E-state index contributed by atoms with van der Waals surface area (Å²) in [6, 6.07) is 7.39. The van der Waals surface area contributed by atoms with Gasteiger partial charge in [0.25, 0.3) is 0 Å². The van der Waals surface area contributed by atoms with E-state index >= 15 is 0 Å². The number of carbonyl (C=O) groups is 1. The molecule has 0 aliphatic carbocycles. The lowest BCUT2D eigenvalue weighted by Crippen LogP contribution is -2.41. The normalized spacial score (nSPS) is 16.9. The van der Waals surface area contributed by atoms with Gasteiger partial charge >= 0.3 is 0 Å². The zero-order valence-electron chi connectivity index (χ0n) is 15.1. The number of morpholine rings is 1. The molecule has 1 N–H and O–H groups in total. The molecule has 2 aliphatic rings. The van der Waals surface area contributed by atoms with E-state index in [-0.39, 0.29) is 12.3 Å². The average Bonchev–Trinajstić information content (AvgIpc) is 3.17. The average molecular weight is 373 g/mol. The Kier molecular flexibility index (Phi) is 5.55. The number of nitrogens with zero attached hydrogens (tertiary/aromatic N) is 2. The zero-order chi connectivity index (χ0) is 18.5. The fourth-order valence-corrected chi connectivity index (χ4v) is 3.13. The van der Waals surface area contributed by atoms with Crippen molar-refractivity contribution < 1.29 is 23.5 Å². The monoisotopic (exact) mass is 373 g/mol. The summed E-state index contributed by atoms with van der Waals surface area (Å²) in [5, 5.41) is 6.94. The summed E-state index contributed by atoms with van der Waals surface area (Å²) in [4.78, 5) is 14.4. The van der Waals surface area contributed by atoms with Crippen molar-refractivity contribution in [1.82, 2.24) is 15.4 Å². The fraction of sp³-hybridized carbons (Fsp3) is 0.474. The van der Waals surface area contributed by atoms with Crippen molar-refractivity contribution >= 4 is 5.91 Å². The van der Waals surface area contributed by atoms with E-state index in [1.165, 1.54) is 0 Å². The maximum Gasteiger partial charge on any atom is 0.226 e. The molecule has 8 heteroatoms. The van der Waals surface area contributed by atoms with Gasteiger partial charge in [-0.05, 0) is 18.2 Å². The van der Waals surface area contributed by atoms with Crippen LogP contribution in [0.5, 0.6) is 11.5 Å². The number of aromatic nitrogens is 1. The van der Waals surface area contributed by atoms with E-state index in [1.54, 1.807) is 6.07 Å². The predicted octanol–water partition coefficient (Wildman–Crippen LogP) is 1.10. The molecule has 1 saturated heterocycles. The first-order valence-electron chi connectivity index (χ1n) is 9.20. The van der Waals surface area contributed by atoms with Gasteiger partial charge in [-0.15, -0.1) is 0 Å². The quantitative estimate of drug-likeness (QED) is 0.812. The Hall–Kier alpha value is -2.58. The van der Waals surface area contributed by atoms with Gasteiger partial charge in [-0.1, -0.05) is 5.16 Å². The highest BCUT2D eigenvalue weighted by Gasteiger charge is 2.16. The van der Waals surface area contributed by atoms with E-state index < -0.39 is 0 Å². The van der Waals surface area contributed by atoms with Crippen LogP contribution in [0.15, 0.2) is 28.8 Å². The molecular weight excluding hydrogens is 350 g/mol. The SMILES string of the molecule is O=C(Cc1cc(-c2ccc3c(c2)OCCO3)on1)NCCN1CCOCC1. The molecule has 3 heterocycles. The Labute approximate surface area is 157 Å². The van der Waals surface area contributed by atoms with E-state index in [4.69, 9.17) is 18.7 Å². The highest BCUT2D eigenvalue weighted by molar-refractivity contribution is 5.78. The van der Waals surface area contributed by atoms with Crippen LogP contribution in [0.25, 0.3) is 11.3 Å². The van der Waals surface area contributed by atoms with Crippen molar-refractivity contribution in [1.29, 1.82) is 0 Å². The summed E-state index contributed by atoms with van der Waals surface area (Å²) < 4.78 is 21.8. The Morgan fingerprint density at radius 2 is 1.89 bits per heavy atom. The van der Waals surface area contributed by atoms with Crippen LogP contribution in [0.3, 0.4) is 0 Å². The maximum absolute atomic E-state index is 12.1. The molecule has 0 atom stereocenters. The zero-order valence-corrected chi connectivity index (χ0v) is 15.1. The summed E-state index contributed by atoms with van der Waals surface area (Å²) in [5.41, 5.74) is 1.44. The first kappa shape index (κ1) is 17.8. The van der Waals surface area contributed by atoms with Gasteiger partial charge in [0.15, 0.2) is 17.3 Å². The van der Waals surface area contributed by atoms with Crippen molar-refractivity contribution in [2.75, 3.05) is 52.6 Å². The van der Waals surface area contributed by atoms with Gasteiger partial charge in [-0.25, -0.2) is 0 Å². The minimum atomic E-state index is -0.0646. The molecule has 0 radical (unpaired) electrons. The summed E-state index contributed by atoms with van der Waals surface area (Å²) in [6.07, 6.45) is 0.192. The van der Waals surface area contributed by atoms with Gasteiger partial charge in [0, 0.05) is 37.8 Å². The summed E-state index contributed by atoms with van der Waals surface area (Å²) in [5.74, 6) is 1.95. The van der Waals surface area contributed by atoms with Crippen LogP contribution in [0.1, 0.15) is 5.69 Å². The smallest absolute Gasteiger partial charge is 0.226 e. The number of hydrogen-bond donors (Lipinski definition) is 1. The van der Waals surface area contributed by atoms with Gasteiger partial charge in [0.2, 0.25) is 5.91 Å². The Balaban J connectivity index is 1.29. The molecule has 0 unspecified atom stereocenters. The second kappa shape index (κ2) is 8.41. The molecule has 1 aromatic carbocycles. The molecule has 0 spiro atoms. The van der Waals surface area contributed by atoms with Gasteiger partial charge < -0.3 is 24.1 Å². The molecule has 8 nitrogen and oxygen atoms in total. The molecule has 0 bridgehead atoms. The van der Waals surface area contributed by atoms with Gasteiger partial charge in [-0.2, -0.15) is 0 Å². The Morgan fingerprint density at radius 1 is 1.07 bits per heavy atom. The summed E-state index contributed by atoms with van der Waals surface area (Å²) >= 11 is 0. The molecule has 1 aromatic heterocycles. The number of benzene rings is 1. The number of nitrogens with one attached hydrogen (secondary N) is 1. The van der Waals surface area contributed by atoms with Crippen molar-refractivity contribution in [2.24, 2.45) is 0 Å². The predicted molar refractivity (Wildman–Crippen MR) is 96.9 cm³/mol. The van der Waals surface area contributed by atoms with Crippen LogP contribution in [0, 0.1) is 0 Å². The second-order valence-electron chi connectivity index (χ2n) is 6.52. The lowest BCUT2D eigenvalue weighted by molar-refractivity contribution is -0.120. The number of carbonyl (C=O) groups excluding carboxylic acids is 1. The Bertz CT molecular complexity index is 785. The molecular formula is C19H23N3O5. The molecule has 2 aliphatic heterocycles. The summed E-state index contributed by atoms with van der Waals surface area (Å²) in [7, 11) is 0. The summed E-state index contributed by atoms with van der Waals surface area (Å²) in [6.45, 7) is 5.88. The molecule has 1 amide bonds. The van der Waals surface area contributed by atoms with E-state index in [2.05, 4.69) is 15.4 Å². The Morgan fingerprint density at radius 3 is 2.74 bits per heavy atom. The van der Waals surface area contributed by atoms with Gasteiger partial charge in [0.05, 0.1) is 25.3 Å². The minimum absolute atomic E-state index is 0.0646. The first-order chi connectivity index (χ1) is 13.3. The van der Waals surface area contributed by atoms with Crippen LogP contribution in [-0.4, -0.2) is 68.6 Å². The number of rotatable bonds is 6. The first-order valence-corrected chi connectivity index (χ1v) is 9.20. The van der Waals surface area contributed by atoms with Crippen LogP contribution < -0.4 is 14.8 Å². The van der Waals surface area contributed by atoms with E-state index in [0.29, 0.717) is 37.0 Å². The standard InChI is InChI=1S/C19H23N3O5/c23-19(20-3-4-22-5-7-24-8-6-22)13-15-12-17(27-21-15)14-1-2-16-18(11-14)26-10-9-25-16/h1-2,11-12H,3-10,13H2,(H,20,23). The number of amides is 1.